The third-order valence-electron chi connectivity index (χ3n) is 7.17. The van der Waals surface area contributed by atoms with E-state index in [1.54, 1.807) is 0 Å². The standard InChI is InChI=1S/C23H41N7O/c1-2-24-22(25-13-10-21-28-27-20-9-5-3-8-14-30(20)21)26-19-23(11-6-4-7-12-23)29-15-17-31-18-16-29/h2-19H2,1H3,(H2,24,25,26). The molecule has 31 heavy (non-hydrogen) atoms. The average molecular weight is 432 g/mol. The largest absolute Gasteiger partial charge is 0.379 e. The van der Waals surface area contributed by atoms with Gasteiger partial charge in [-0.15, -0.1) is 10.2 Å². The van der Waals surface area contributed by atoms with Crippen molar-refractivity contribution in [3.05, 3.63) is 11.6 Å². The first kappa shape index (κ1) is 22.5. The summed E-state index contributed by atoms with van der Waals surface area (Å²) in [6.45, 7) is 9.55. The summed E-state index contributed by atoms with van der Waals surface area (Å²) in [5.74, 6) is 3.20. The monoisotopic (exact) mass is 431 g/mol. The van der Waals surface area contributed by atoms with Gasteiger partial charge in [0, 0.05) is 51.1 Å². The van der Waals surface area contributed by atoms with Crippen LogP contribution in [0.1, 0.15) is 69.9 Å². The second kappa shape index (κ2) is 11.3. The van der Waals surface area contributed by atoms with Crippen LogP contribution >= 0.6 is 0 Å². The van der Waals surface area contributed by atoms with Gasteiger partial charge in [-0.2, -0.15) is 0 Å². The summed E-state index contributed by atoms with van der Waals surface area (Å²) in [7, 11) is 0. The highest BCUT2D eigenvalue weighted by Crippen LogP contribution is 2.34. The fourth-order valence-electron chi connectivity index (χ4n) is 5.41. The lowest BCUT2D eigenvalue weighted by atomic mass is 9.80. The second-order valence-electron chi connectivity index (χ2n) is 9.25. The lowest BCUT2D eigenvalue weighted by Crippen LogP contribution is -2.56. The zero-order chi connectivity index (χ0) is 21.4. The highest BCUT2D eigenvalue weighted by Gasteiger charge is 2.38. The highest BCUT2D eigenvalue weighted by atomic mass is 16.5. The van der Waals surface area contributed by atoms with Gasteiger partial charge in [-0.1, -0.05) is 25.7 Å². The van der Waals surface area contributed by atoms with Crippen molar-refractivity contribution in [1.82, 2.24) is 30.3 Å². The molecule has 0 aromatic carbocycles. The van der Waals surface area contributed by atoms with E-state index in [1.165, 1.54) is 51.4 Å². The molecular weight excluding hydrogens is 390 g/mol. The van der Waals surface area contributed by atoms with Crippen molar-refractivity contribution in [2.75, 3.05) is 45.9 Å². The molecule has 1 aromatic rings. The molecule has 8 nitrogen and oxygen atoms in total. The first-order chi connectivity index (χ1) is 15.3. The van der Waals surface area contributed by atoms with Crippen LogP contribution in [-0.2, 0) is 24.1 Å². The first-order valence-corrected chi connectivity index (χ1v) is 12.6. The van der Waals surface area contributed by atoms with Gasteiger partial charge >= 0.3 is 0 Å². The molecular formula is C23H41N7O. The zero-order valence-electron chi connectivity index (χ0n) is 19.4. The number of rotatable bonds is 7. The number of aromatic nitrogens is 3. The molecule has 2 fully saturated rings. The average Bonchev–Trinajstić information content (AvgIpc) is 3.04. The molecule has 0 atom stereocenters. The van der Waals surface area contributed by atoms with E-state index in [-0.39, 0.29) is 5.54 Å². The number of morpholine rings is 1. The van der Waals surface area contributed by atoms with E-state index in [9.17, 15) is 0 Å². The smallest absolute Gasteiger partial charge is 0.191 e. The Bertz CT molecular complexity index is 705. The molecule has 0 amide bonds. The minimum atomic E-state index is 0.203. The zero-order valence-corrected chi connectivity index (χ0v) is 19.4. The number of aliphatic imine (C=N–C) groups is 1. The molecule has 0 bridgehead atoms. The highest BCUT2D eigenvalue weighted by molar-refractivity contribution is 5.79. The Labute approximate surface area is 187 Å². The van der Waals surface area contributed by atoms with Crippen molar-refractivity contribution in [1.29, 1.82) is 0 Å². The van der Waals surface area contributed by atoms with Crippen LogP contribution < -0.4 is 10.6 Å². The van der Waals surface area contributed by atoms with Crippen molar-refractivity contribution in [2.45, 2.75) is 83.2 Å². The van der Waals surface area contributed by atoms with Gasteiger partial charge < -0.3 is 19.9 Å². The summed E-state index contributed by atoms with van der Waals surface area (Å²) in [4.78, 5) is 7.74. The Morgan fingerprint density at radius 2 is 1.81 bits per heavy atom. The maximum absolute atomic E-state index is 5.62. The number of guanidine groups is 1. The summed E-state index contributed by atoms with van der Waals surface area (Å²) >= 11 is 0. The molecule has 3 aliphatic rings. The molecule has 1 aliphatic carbocycles. The Hall–Kier alpha value is -1.67. The SMILES string of the molecule is CCNC(=NCC1(N2CCOCC2)CCCCC1)NCCc1nnc2n1CCCCC2. The summed E-state index contributed by atoms with van der Waals surface area (Å²) < 4.78 is 7.96. The maximum atomic E-state index is 5.62. The van der Waals surface area contributed by atoms with Gasteiger partial charge in [0.2, 0.25) is 0 Å². The minimum absolute atomic E-state index is 0.203. The van der Waals surface area contributed by atoms with Crippen LogP contribution in [0.15, 0.2) is 4.99 Å². The van der Waals surface area contributed by atoms with Gasteiger partial charge in [0.25, 0.3) is 0 Å². The Balaban J connectivity index is 1.36. The van der Waals surface area contributed by atoms with E-state index >= 15 is 0 Å². The van der Waals surface area contributed by atoms with Crippen LogP contribution in [0.5, 0.6) is 0 Å². The molecule has 0 spiro atoms. The molecule has 4 rings (SSSR count). The number of fused-ring (bicyclic) bond motifs is 1. The molecule has 2 aliphatic heterocycles. The first-order valence-electron chi connectivity index (χ1n) is 12.6. The Morgan fingerprint density at radius 1 is 1.00 bits per heavy atom. The van der Waals surface area contributed by atoms with Gasteiger partial charge in [0.15, 0.2) is 5.96 Å². The summed E-state index contributed by atoms with van der Waals surface area (Å²) in [5, 5.41) is 15.9. The maximum Gasteiger partial charge on any atom is 0.191 e. The molecule has 0 radical (unpaired) electrons. The molecule has 2 N–H and O–H groups in total. The number of hydrogen-bond acceptors (Lipinski definition) is 5. The number of ether oxygens (including phenoxy) is 1. The van der Waals surface area contributed by atoms with Gasteiger partial charge in [0.1, 0.15) is 11.6 Å². The van der Waals surface area contributed by atoms with Gasteiger partial charge in [-0.05, 0) is 32.6 Å². The predicted molar refractivity (Wildman–Crippen MR) is 123 cm³/mol. The number of nitrogens with one attached hydrogen (secondary N) is 2. The van der Waals surface area contributed by atoms with Crippen LogP contribution in [0, 0.1) is 0 Å². The van der Waals surface area contributed by atoms with Crippen molar-refractivity contribution in [3.63, 3.8) is 0 Å². The lowest BCUT2D eigenvalue weighted by Gasteiger charge is -2.47. The third-order valence-corrected chi connectivity index (χ3v) is 7.17. The topological polar surface area (TPSA) is 79.6 Å². The van der Waals surface area contributed by atoms with Gasteiger partial charge in [0.05, 0.1) is 19.8 Å². The van der Waals surface area contributed by atoms with E-state index in [1.807, 2.05) is 0 Å². The van der Waals surface area contributed by atoms with Gasteiger partial charge in [-0.3, -0.25) is 9.89 Å². The van der Waals surface area contributed by atoms with E-state index in [0.717, 1.165) is 82.9 Å². The van der Waals surface area contributed by atoms with E-state index in [4.69, 9.17) is 9.73 Å². The molecule has 1 saturated heterocycles. The molecule has 1 saturated carbocycles. The van der Waals surface area contributed by atoms with Crippen LogP contribution in [0.3, 0.4) is 0 Å². The predicted octanol–water partition coefficient (Wildman–Crippen LogP) is 2.14. The fourth-order valence-corrected chi connectivity index (χ4v) is 5.41. The van der Waals surface area contributed by atoms with Crippen molar-refractivity contribution in [2.24, 2.45) is 4.99 Å². The van der Waals surface area contributed by atoms with Crippen LogP contribution in [0.25, 0.3) is 0 Å². The minimum Gasteiger partial charge on any atom is -0.379 e. The summed E-state index contributed by atoms with van der Waals surface area (Å²) in [5.41, 5.74) is 0.203. The molecule has 174 valence electrons. The third kappa shape index (κ3) is 5.77. The van der Waals surface area contributed by atoms with E-state index in [2.05, 4.69) is 37.2 Å². The fraction of sp³-hybridized carbons (Fsp3) is 0.870. The number of hydrogen-bond donors (Lipinski definition) is 2. The van der Waals surface area contributed by atoms with Crippen molar-refractivity contribution in [3.8, 4) is 0 Å². The Kier molecular flexibility index (Phi) is 8.19. The lowest BCUT2D eigenvalue weighted by molar-refractivity contribution is -0.0333. The van der Waals surface area contributed by atoms with Crippen molar-refractivity contribution < 1.29 is 4.74 Å². The van der Waals surface area contributed by atoms with Crippen LogP contribution in [0.2, 0.25) is 0 Å². The Morgan fingerprint density at radius 3 is 2.61 bits per heavy atom. The van der Waals surface area contributed by atoms with E-state index in [0.29, 0.717) is 0 Å². The number of aryl methyl sites for hydroxylation is 1. The second-order valence-corrected chi connectivity index (χ2v) is 9.25. The molecule has 1 aromatic heterocycles. The normalized spacial score (nSPS) is 22.5. The summed E-state index contributed by atoms with van der Waals surface area (Å²) in [6.07, 6.45) is 12.2. The van der Waals surface area contributed by atoms with Crippen LogP contribution in [-0.4, -0.2) is 77.1 Å². The van der Waals surface area contributed by atoms with Gasteiger partial charge in [-0.25, -0.2) is 0 Å². The quantitative estimate of drug-likeness (QED) is 0.509. The molecule has 3 heterocycles. The summed E-state index contributed by atoms with van der Waals surface area (Å²) in [6, 6.07) is 0. The molecule has 0 unspecified atom stereocenters. The van der Waals surface area contributed by atoms with E-state index < -0.39 is 0 Å². The van der Waals surface area contributed by atoms with Crippen molar-refractivity contribution >= 4 is 5.96 Å². The van der Waals surface area contributed by atoms with Crippen LogP contribution in [0.4, 0.5) is 0 Å². The number of nitrogens with zero attached hydrogens (tertiary/aromatic N) is 5. The molecule has 8 heteroatoms.